The van der Waals surface area contributed by atoms with Gasteiger partial charge in [0.25, 0.3) is 0 Å². The van der Waals surface area contributed by atoms with E-state index in [0.717, 1.165) is 38.5 Å². The quantitative estimate of drug-likeness (QED) is 0.369. The van der Waals surface area contributed by atoms with Crippen LogP contribution in [-0.2, 0) is 19.1 Å². The smallest absolute Gasteiger partial charge is 0.319 e. The minimum absolute atomic E-state index is 0.265. The summed E-state index contributed by atoms with van der Waals surface area (Å²) in [5, 5.41) is 0. The zero-order valence-corrected chi connectivity index (χ0v) is 12.3. The molecule has 0 spiro atoms. The first-order valence-electron chi connectivity index (χ1n) is 6.93. The van der Waals surface area contributed by atoms with E-state index in [1.54, 1.807) is 13.8 Å². The summed E-state index contributed by atoms with van der Waals surface area (Å²) < 4.78 is 9.26. The molecule has 4 heteroatoms. The third kappa shape index (κ3) is 12.5. The molecule has 0 N–H and O–H groups in total. The molecule has 0 unspecified atom stereocenters. The predicted molar refractivity (Wildman–Crippen MR) is 76.0 cm³/mol. The van der Waals surface area contributed by atoms with E-state index in [2.05, 4.69) is 33.5 Å². The third-order valence-electron chi connectivity index (χ3n) is 2.55. The van der Waals surface area contributed by atoms with E-state index in [1.165, 1.54) is 0 Å². The standard InChI is InChI=1S/C16H22O4/c1-3-13-19-15(17)11-9-7-5-6-8-10-12-16(18)20-14-4-2/h5-12H2,1-2H3. The lowest BCUT2D eigenvalue weighted by Crippen LogP contribution is -2.00. The number of hydrogen-bond acceptors (Lipinski definition) is 4. The van der Waals surface area contributed by atoms with E-state index in [4.69, 9.17) is 0 Å². The Bertz CT molecular complexity index is 364. The molecule has 0 amide bonds. The number of unbranched alkanes of at least 4 members (excludes halogenated alkanes) is 5. The van der Waals surface area contributed by atoms with Crippen molar-refractivity contribution in [2.45, 2.75) is 65.2 Å². The van der Waals surface area contributed by atoms with Gasteiger partial charge < -0.3 is 9.47 Å². The number of ether oxygens (including phenoxy) is 2. The lowest BCUT2D eigenvalue weighted by atomic mass is 10.1. The van der Waals surface area contributed by atoms with E-state index in [-0.39, 0.29) is 11.9 Å². The van der Waals surface area contributed by atoms with Gasteiger partial charge in [-0.25, -0.2) is 0 Å². The van der Waals surface area contributed by atoms with Gasteiger partial charge in [-0.3, -0.25) is 9.59 Å². The van der Waals surface area contributed by atoms with Crippen LogP contribution in [0, 0.1) is 24.1 Å². The lowest BCUT2D eigenvalue weighted by molar-refractivity contribution is -0.137. The molecule has 4 nitrogen and oxygen atoms in total. The van der Waals surface area contributed by atoms with E-state index in [0.29, 0.717) is 12.8 Å². The molecule has 0 aliphatic rings. The summed E-state index contributed by atoms with van der Waals surface area (Å²) >= 11 is 0. The lowest BCUT2D eigenvalue weighted by Gasteiger charge is -2.00. The Morgan fingerprint density at radius 3 is 1.40 bits per heavy atom. The molecule has 0 radical (unpaired) electrons. The van der Waals surface area contributed by atoms with Gasteiger partial charge in [0.05, 0.1) is 0 Å². The topological polar surface area (TPSA) is 52.6 Å². The molecule has 110 valence electrons. The van der Waals surface area contributed by atoms with E-state index < -0.39 is 0 Å². The molecule has 0 atom stereocenters. The summed E-state index contributed by atoms with van der Waals surface area (Å²) in [7, 11) is 0. The van der Waals surface area contributed by atoms with Crippen LogP contribution in [0.3, 0.4) is 0 Å². The maximum Gasteiger partial charge on any atom is 0.319 e. The van der Waals surface area contributed by atoms with Crippen molar-refractivity contribution in [2.24, 2.45) is 0 Å². The van der Waals surface area contributed by atoms with Crippen molar-refractivity contribution in [1.29, 1.82) is 0 Å². The summed E-state index contributed by atoms with van der Waals surface area (Å²) in [5.41, 5.74) is 0. The molecule has 20 heavy (non-hydrogen) atoms. The number of esters is 2. The van der Waals surface area contributed by atoms with Crippen LogP contribution in [0.15, 0.2) is 0 Å². The maximum absolute atomic E-state index is 11.1. The highest BCUT2D eigenvalue weighted by molar-refractivity contribution is 5.70. The molecule has 0 bridgehead atoms. The van der Waals surface area contributed by atoms with Crippen molar-refractivity contribution in [3.8, 4) is 24.1 Å². The molecule has 0 heterocycles. The zero-order chi connectivity index (χ0) is 15.1. The van der Waals surface area contributed by atoms with Crippen LogP contribution >= 0.6 is 0 Å². The average Bonchev–Trinajstić information content (AvgIpc) is 2.45. The second-order valence-corrected chi connectivity index (χ2v) is 4.27. The van der Waals surface area contributed by atoms with Gasteiger partial charge >= 0.3 is 11.9 Å². The first-order valence-corrected chi connectivity index (χ1v) is 6.93. The van der Waals surface area contributed by atoms with E-state index in [1.807, 2.05) is 0 Å². The van der Waals surface area contributed by atoms with E-state index in [9.17, 15) is 9.59 Å². The van der Waals surface area contributed by atoms with Crippen LogP contribution in [0.1, 0.15) is 65.2 Å². The van der Waals surface area contributed by atoms with Crippen molar-refractivity contribution < 1.29 is 19.1 Å². The monoisotopic (exact) mass is 278 g/mol. The van der Waals surface area contributed by atoms with Crippen LogP contribution in [-0.4, -0.2) is 11.9 Å². The van der Waals surface area contributed by atoms with E-state index >= 15 is 0 Å². The molecule has 0 aromatic carbocycles. The second-order valence-electron chi connectivity index (χ2n) is 4.27. The van der Waals surface area contributed by atoms with Crippen molar-refractivity contribution in [3.63, 3.8) is 0 Å². The number of carbonyl (C=O) groups is 2. The molecular formula is C16H22O4. The number of carbonyl (C=O) groups excluding carboxylic acids is 2. The molecule has 0 aromatic rings. The Kier molecular flexibility index (Phi) is 12.2. The first kappa shape index (κ1) is 18.1. The molecular weight excluding hydrogens is 256 g/mol. The Hall–Kier alpha value is -1.94. The summed E-state index contributed by atoms with van der Waals surface area (Å²) in [4.78, 5) is 22.2. The van der Waals surface area contributed by atoms with Crippen LogP contribution in [0.5, 0.6) is 0 Å². The van der Waals surface area contributed by atoms with Gasteiger partial charge in [0.2, 0.25) is 0 Å². The van der Waals surface area contributed by atoms with Crippen LogP contribution in [0.4, 0.5) is 0 Å². The normalized spacial score (nSPS) is 8.70. The van der Waals surface area contributed by atoms with Gasteiger partial charge in [-0.05, 0) is 12.8 Å². The predicted octanol–water partition coefficient (Wildman–Crippen LogP) is 3.16. The Balaban J connectivity index is 3.31. The fraction of sp³-hybridized carbons (Fsp3) is 0.625. The van der Waals surface area contributed by atoms with Crippen molar-refractivity contribution >= 4 is 11.9 Å². The fourth-order valence-electron chi connectivity index (χ4n) is 1.56. The van der Waals surface area contributed by atoms with Gasteiger partial charge in [-0.1, -0.05) is 37.5 Å². The Morgan fingerprint density at radius 2 is 1.05 bits per heavy atom. The molecule has 0 saturated carbocycles. The minimum atomic E-state index is -0.265. The highest BCUT2D eigenvalue weighted by Crippen LogP contribution is 2.09. The molecule has 0 aromatic heterocycles. The van der Waals surface area contributed by atoms with Gasteiger partial charge in [0.15, 0.2) is 0 Å². The minimum Gasteiger partial charge on any atom is -0.372 e. The number of hydrogen-bond donors (Lipinski definition) is 0. The Labute approximate surface area is 121 Å². The molecule has 0 saturated heterocycles. The van der Waals surface area contributed by atoms with Crippen molar-refractivity contribution in [3.05, 3.63) is 0 Å². The number of rotatable bonds is 9. The van der Waals surface area contributed by atoms with Crippen molar-refractivity contribution in [1.82, 2.24) is 0 Å². The summed E-state index contributed by atoms with van der Waals surface area (Å²) in [6.07, 6.45) is 11.1. The molecule has 0 fully saturated rings. The molecule has 0 rings (SSSR count). The SMILES string of the molecule is CC#COC(=O)CCCCCCCCC(=O)OC#CC. The van der Waals surface area contributed by atoms with Gasteiger partial charge in [0.1, 0.15) is 12.2 Å². The summed E-state index contributed by atoms with van der Waals surface area (Å²) in [6.45, 7) is 3.25. The van der Waals surface area contributed by atoms with Gasteiger partial charge in [-0.2, -0.15) is 0 Å². The summed E-state index contributed by atoms with van der Waals surface area (Å²) in [5.74, 6) is 4.48. The molecule has 0 aliphatic carbocycles. The third-order valence-corrected chi connectivity index (χ3v) is 2.55. The largest absolute Gasteiger partial charge is 0.372 e. The van der Waals surface area contributed by atoms with Crippen LogP contribution in [0.25, 0.3) is 0 Å². The molecule has 0 aliphatic heterocycles. The van der Waals surface area contributed by atoms with Crippen LogP contribution in [0.2, 0.25) is 0 Å². The average molecular weight is 278 g/mol. The Morgan fingerprint density at radius 1 is 0.700 bits per heavy atom. The fourth-order valence-corrected chi connectivity index (χ4v) is 1.56. The van der Waals surface area contributed by atoms with Crippen molar-refractivity contribution in [2.75, 3.05) is 0 Å². The second kappa shape index (κ2) is 13.5. The zero-order valence-electron chi connectivity index (χ0n) is 12.3. The first-order chi connectivity index (χ1) is 9.70. The summed E-state index contributed by atoms with van der Waals surface area (Å²) in [6, 6.07) is 0. The maximum atomic E-state index is 11.1. The van der Waals surface area contributed by atoms with Gasteiger partial charge in [-0.15, -0.1) is 0 Å². The van der Waals surface area contributed by atoms with Crippen LogP contribution < -0.4 is 0 Å². The highest BCUT2D eigenvalue weighted by atomic mass is 16.5. The van der Waals surface area contributed by atoms with Gasteiger partial charge in [0, 0.05) is 26.7 Å². The highest BCUT2D eigenvalue weighted by Gasteiger charge is 2.02.